The number of imidazole rings is 1. The van der Waals surface area contributed by atoms with Crippen molar-refractivity contribution in [1.29, 1.82) is 0 Å². The highest BCUT2D eigenvalue weighted by molar-refractivity contribution is 6.05. The standard InChI is InChI=1S/C23H24FN5O4/c1-12(2)33-20-14(19(30)25-16-4-3-5-29(21(16)31)17-6-15(17)24)9-28-10-18(26-22(28)27-20)23-7-13(8-23)32-11-23/h3-5,9-10,12-13,15,17H,6-8,11H2,1-2H3,(H,25,30)/t13?,15-,17+,23?/m1/s1. The van der Waals surface area contributed by atoms with Gasteiger partial charge in [0.25, 0.3) is 11.5 Å². The van der Waals surface area contributed by atoms with Crippen LogP contribution in [0.4, 0.5) is 10.1 Å². The normalized spacial score (nSPS) is 27.6. The van der Waals surface area contributed by atoms with Crippen LogP contribution in [0.25, 0.3) is 5.78 Å². The lowest BCUT2D eigenvalue weighted by Crippen LogP contribution is -2.37. The van der Waals surface area contributed by atoms with Crippen LogP contribution in [0.15, 0.2) is 35.5 Å². The van der Waals surface area contributed by atoms with E-state index in [2.05, 4.69) is 15.3 Å². The number of nitrogens with one attached hydrogen (secondary N) is 1. The lowest BCUT2D eigenvalue weighted by Gasteiger charge is -2.33. The van der Waals surface area contributed by atoms with Gasteiger partial charge < -0.3 is 19.4 Å². The van der Waals surface area contributed by atoms with Crippen molar-refractivity contribution in [1.82, 2.24) is 18.9 Å². The van der Waals surface area contributed by atoms with Crippen molar-refractivity contribution in [3.8, 4) is 5.88 Å². The molecule has 4 aliphatic rings. The number of fused-ring (bicyclic) bond motifs is 2. The number of carbonyl (C=O) groups is 1. The smallest absolute Gasteiger partial charge is 0.274 e. The number of hydrogen-bond acceptors (Lipinski definition) is 6. The Bertz CT molecular complexity index is 1320. The summed E-state index contributed by atoms with van der Waals surface area (Å²) in [5, 5.41) is 2.65. The van der Waals surface area contributed by atoms with Crippen LogP contribution in [-0.4, -0.2) is 49.8 Å². The summed E-state index contributed by atoms with van der Waals surface area (Å²) in [6.07, 6.45) is 6.29. The minimum Gasteiger partial charge on any atom is -0.474 e. The third-order valence-electron chi connectivity index (χ3n) is 6.64. The van der Waals surface area contributed by atoms with E-state index in [1.165, 1.54) is 16.8 Å². The van der Waals surface area contributed by atoms with Gasteiger partial charge in [0.15, 0.2) is 0 Å². The Morgan fingerprint density at radius 2 is 2.12 bits per heavy atom. The fourth-order valence-corrected chi connectivity index (χ4v) is 4.74. The average Bonchev–Trinajstić information content (AvgIpc) is 3.13. The van der Waals surface area contributed by atoms with E-state index in [0.29, 0.717) is 24.9 Å². The molecule has 1 amide bonds. The van der Waals surface area contributed by atoms with E-state index in [0.717, 1.165) is 18.5 Å². The van der Waals surface area contributed by atoms with E-state index in [1.54, 1.807) is 16.7 Å². The van der Waals surface area contributed by atoms with E-state index in [9.17, 15) is 14.0 Å². The second-order valence-corrected chi connectivity index (χ2v) is 9.49. The van der Waals surface area contributed by atoms with Gasteiger partial charge in [-0.3, -0.25) is 14.0 Å². The van der Waals surface area contributed by atoms with Crippen LogP contribution < -0.4 is 15.6 Å². The number of carbonyl (C=O) groups excluding carboxylic acids is 1. The molecule has 4 fully saturated rings. The van der Waals surface area contributed by atoms with E-state index in [1.807, 2.05) is 20.0 Å². The number of aromatic nitrogens is 4. The molecular weight excluding hydrogens is 429 g/mol. The summed E-state index contributed by atoms with van der Waals surface area (Å²) in [5.74, 6) is 0.0385. The largest absolute Gasteiger partial charge is 0.474 e. The zero-order chi connectivity index (χ0) is 22.9. The Hall–Kier alpha value is -3.27. The van der Waals surface area contributed by atoms with Crippen LogP contribution in [0.1, 0.15) is 55.2 Å². The number of ether oxygens (including phenoxy) is 2. The molecule has 1 N–H and O–H groups in total. The van der Waals surface area contributed by atoms with Crippen molar-refractivity contribution in [2.24, 2.45) is 0 Å². The zero-order valence-corrected chi connectivity index (χ0v) is 18.3. The highest BCUT2D eigenvalue weighted by atomic mass is 19.1. The summed E-state index contributed by atoms with van der Waals surface area (Å²) < 4.78 is 28.0. The predicted molar refractivity (Wildman–Crippen MR) is 117 cm³/mol. The minimum atomic E-state index is -1.03. The zero-order valence-electron chi connectivity index (χ0n) is 18.3. The molecule has 0 unspecified atom stereocenters. The third-order valence-corrected chi connectivity index (χ3v) is 6.64. The molecule has 0 spiro atoms. The molecule has 2 saturated heterocycles. The molecule has 2 atom stereocenters. The van der Waals surface area contributed by atoms with Crippen LogP contribution >= 0.6 is 0 Å². The molecule has 10 heteroatoms. The summed E-state index contributed by atoms with van der Waals surface area (Å²) in [7, 11) is 0. The summed E-state index contributed by atoms with van der Waals surface area (Å²) >= 11 is 0. The van der Waals surface area contributed by atoms with E-state index >= 15 is 0 Å². The molecule has 2 aliphatic carbocycles. The lowest BCUT2D eigenvalue weighted by molar-refractivity contribution is 0.101. The van der Waals surface area contributed by atoms with Crippen LogP contribution in [0, 0.1) is 0 Å². The second kappa shape index (κ2) is 7.11. The first-order chi connectivity index (χ1) is 15.8. The molecule has 9 nitrogen and oxygen atoms in total. The molecule has 0 aromatic carbocycles. The minimum absolute atomic E-state index is 0.0750. The molecule has 2 saturated carbocycles. The third kappa shape index (κ3) is 3.31. The molecule has 0 radical (unpaired) electrons. The van der Waals surface area contributed by atoms with Gasteiger partial charge in [0.1, 0.15) is 17.4 Å². The molecule has 2 bridgehead atoms. The first-order valence-corrected chi connectivity index (χ1v) is 11.2. The van der Waals surface area contributed by atoms with Gasteiger partial charge in [0, 0.05) is 30.4 Å². The summed E-state index contributed by atoms with van der Waals surface area (Å²) in [6, 6.07) is 2.65. The second-order valence-electron chi connectivity index (χ2n) is 9.49. The summed E-state index contributed by atoms with van der Waals surface area (Å²) in [4.78, 5) is 35.1. The van der Waals surface area contributed by atoms with Gasteiger partial charge >= 0.3 is 0 Å². The first kappa shape index (κ1) is 20.3. The number of nitrogens with zero attached hydrogens (tertiary/aromatic N) is 4. The highest BCUT2D eigenvalue weighted by Gasteiger charge is 2.54. The van der Waals surface area contributed by atoms with Crippen molar-refractivity contribution < 1.29 is 18.7 Å². The Kier molecular flexibility index (Phi) is 4.39. The van der Waals surface area contributed by atoms with Gasteiger partial charge in [-0.1, -0.05) is 0 Å². The van der Waals surface area contributed by atoms with Crippen molar-refractivity contribution in [2.75, 3.05) is 11.9 Å². The molecule has 7 rings (SSSR count). The van der Waals surface area contributed by atoms with Crippen molar-refractivity contribution >= 4 is 17.4 Å². The van der Waals surface area contributed by atoms with Crippen LogP contribution in [-0.2, 0) is 10.2 Å². The van der Waals surface area contributed by atoms with Crippen LogP contribution in [0.2, 0.25) is 0 Å². The van der Waals surface area contributed by atoms with E-state index in [-0.39, 0.29) is 28.6 Å². The Balaban J connectivity index is 1.35. The average molecular weight is 453 g/mol. The molecule has 2 aliphatic heterocycles. The highest BCUT2D eigenvalue weighted by Crippen LogP contribution is 2.51. The molecule has 3 aromatic rings. The lowest BCUT2D eigenvalue weighted by atomic mass is 9.68. The van der Waals surface area contributed by atoms with Gasteiger partial charge in [-0.05, 0) is 38.8 Å². The number of rotatable bonds is 6. The molecule has 33 heavy (non-hydrogen) atoms. The van der Waals surface area contributed by atoms with Gasteiger partial charge in [0.2, 0.25) is 11.7 Å². The number of hydrogen-bond donors (Lipinski definition) is 1. The maximum absolute atomic E-state index is 13.5. The summed E-state index contributed by atoms with van der Waals surface area (Å²) in [6.45, 7) is 4.32. The van der Waals surface area contributed by atoms with Gasteiger partial charge in [-0.15, -0.1) is 0 Å². The number of amides is 1. The maximum atomic E-state index is 13.5. The number of halogens is 1. The van der Waals surface area contributed by atoms with E-state index < -0.39 is 23.7 Å². The SMILES string of the molecule is CC(C)Oc1nc2nc(C34COC(C3)C4)cn2cc1C(=O)Nc1cccn([C@H]2C[C@H]2F)c1=O. The van der Waals surface area contributed by atoms with E-state index in [4.69, 9.17) is 9.47 Å². The number of alkyl halides is 1. The number of pyridine rings is 1. The molecular formula is C23H24FN5O4. The Labute approximate surface area is 188 Å². The van der Waals surface area contributed by atoms with Crippen molar-refractivity contribution in [3.63, 3.8) is 0 Å². The molecule has 5 heterocycles. The molecule has 172 valence electrons. The fraction of sp³-hybridized carbons (Fsp3) is 0.478. The van der Waals surface area contributed by atoms with Crippen molar-refractivity contribution in [2.45, 2.75) is 62.9 Å². The maximum Gasteiger partial charge on any atom is 0.274 e. The Morgan fingerprint density at radius 1 is 1.33 bits per heavy atom. The monoisotopic (exact) mass is 453 g/mol. The van der Waals surface area contributed by atoms with Crippen LogP contribution in [0.3, 0.4) is 0 Å². The van der Waals surface area contributed by atoms with Gasteiger partial charge in [-0.2, -0.15) is 4.98 Å². The van der Waals surface area contributed by atoms with Gasteiger partial charge in [-0.25, -0.2) is 9.37 Å². The fourth-order valence-electron chi connectivity index (χ4n) is 4.74. The molecule has 3 aromatic heterocycles. The van der Waals surface area contributed by atoms with Crippen LogP contribution in [0.5, 0.6) is 5.88 Å². The summed E-state index contributed by atoms with van der Waals surface area (Å²) in [5.41, 5.74) is 0.628. The Morgan fingerprint density at radius 3 is 2.79 bits per heavy atom. The topological polar surface area (TPSA) is 99.8 Å². The van der Waals surface area contributed by atoms with Gasteiger partial charge in [0.05, 0.1) is 30.6 Å². The predicted octanol–water partition coefficient (Wildman–Crippen LogP) is 2.64. The number of anilines is 1. The first-order valence-electron chi connectivity index (χ1n) is 11.2. The quantitative estimate of drug-likeness (QED) is 0.616. The van der Waals surface area contributed by atoms with Crippen molar-refractivity contribution in [3.05, 3.63) is 52.3 Å².